The van der Waals surface area contributed by atoms with Crippen LogP contribution >= 0.6 is 0 Å². The van der Waals surface area contributed by atoms with Crippen molar-refractivity contribution in [2.24, 2.45) is 0 Å². The maximum Gasteiger partial charge on any atom is 0.0991 e. The quantitative estimate of drug-likeness (QED) is 0.829. The molecule has 0 radical (unpaired) electrons. The van der Waals surface area contributed by atoms with Crippen LogP contribution in [0.3, 0.4) is 0 Å². The van der Waals surface area contributed by atoms with Gasteiger partial charge >= 0.3 is 0 Å². The molecule has 1 saturated heterocycles. The van der Waals surface area contributed by atoms with E-state index in [9.17, 15) is 0 Å². The normalized spacial score (nSPS) is 21.4. The lowest BCUT2D eigenvalue weighted by Gasteiger charge is -2.47. The lowest BCUT2D eigenvalue weighted by molar-refractivity contribution is -0.182. The number of aryl methyl sites for hydroxylation is 1. The molecule has 0 N–H and O–H groups in total. The summed E-state index contributed by atoms with van der Waals surface area (Å²) in [6, 6.07) is 8.13. The molecule has 0 aromatic heterocycles. The van der Waals surface area contributed by atoms with Crippen molar-refractivity contribution in [2.45, 2.75) is 52.4 Å². The second-order valence-electron chi connectivity index (χ2n) is 7.02. The van der Waals surface area contributed by atoms with E-state index in [2.05, 4.69) is 51.7 Å². The zero-order valence-electron chi connectivity index (χ0n) is 13.2. The monoisotopic (exact) mass is 272 g/mol. The maximum atomic E-state index is 8.93. The van der Waals surface area contributed by atoms with Crippen molar-refractivity contribution in [3.05, 3.63) is 34.9 Å². The topological polar surface area (TPSA) is 36.3 Å². The van der Waals surface area contributed by atoms with E-state index in [1.54, 1.807) is 0 Å². The van der Waals surface area contributed by atoms with Crippen molar-refractivity contribution in [3.8, 4) is 6.07 Å². The molecule has 0 bridgehead atoms. The molecule has 0 spiro atoms. The smallest absolute Gasteiger partial charge is 0.0991 e. The third-order valence-electron chi connectivity index (χ3n) is 3.63. The fourth-order valence-corrected chi connectivity index (χ4v) is 3.24. The molecule has 2 rings (SSSR count). The SMILES string of the molecule is Cc1cc(C#N)ccc1CN1CC(C)(C)OC(C)(C)C1. The van der Waals surface area contributed by atoms with Gasteiger partial charge in [0.25, 0.3) is 0 Å². The molecule has 1 heterocycles. The summed E-state index contributed by atoms with van der Waals surface area (Å²) in [5, 5.41) is 8.93. The number of rotatable bonds is 2. The second-order valence-corrected chi connectivity index (χ2v) is 7.02. The highest BCUT2D eigenvalue weighted by Gasteiger charge is 2.37. The largest absolute Gasteiger partial charge is 0.367 e. The van der Waals surface area contributed by atoms with E-state index < -0.39 is 0 Å². The van der Waals surface area contributed by atoms with Crippen LogP contribution in [0, 0.1) is 18.3 Å². The predicted octanol–water partition coefficient (Wildman–Crippen LogP) is 3.26. The van der Waals surface area contributed by atoms with Gasteiger partial charge < -0.3 is 4.74 Å². The van der Waals surface area contributed by atoms with Gasteiger partial charge in [-0.25, -0.2) is 0 Å². The molecule has 0 unspecified atom stereocenters. The third-order valence-corrected chi connectivity index (χ3v) is 3.63. The summed E-state index contributed by atoms with van der Waals surface area (Å²) in [7, 11) is 0. The van der Waals surface area contributed by atoms with Gasteiger partial charge in [0.2, 0.25) is 0 Å². The Morgan fingerprint density at radius 1 is 1.20 bits per heavy atom. The highest BCUT2D eigenvalue weighted by molar-refractivity contribution is 5.37. The Morgan fingerprint density at radius 3 is 2.30 bits per heavy atom. The van der Waals surface area contributed by atoms with Crippen LogP contribution in [0.25, 0.3) is 0 Å². The fraction of sp³-hybridized carbons (Fsp3) is 0.588. The zero-order valence-corrected chi connectivity index (χ0v) is 13.2. The van der Waals surface area contributed by atoms with Gasteiger partial charge in [-0.3, -0.25) is 4.90 Å². The molecule has 0 atom stereocenters. The molecule has 1 fully saturated rings. The number of nitriles is 1. The van der Waals surface area contributed by atoms with Gasteiger partial charge in [-0.1, -0.05) is 6.07 Å². The van der Waals surface area contributed by atoms with Crippen molar-refractivity contribution in [3.63, 3.8) is 0 Å². The molecule has 1 aromatic carbocycles. The van der Waals surface area contributed by atoms with Crippen molar-refractivity contribution < 1.29 is 4.74 Å². The highest BCUT2D eigenvalue weighted by atomic mass is 16.5. The average Bonchev–Trinajstić information content (AvgIpc) is 2.27. The molecule has 0 amide bonds. The summed E-state index contributed by atoms with van der Waals surface area (Å²) in [6.07, 6.45) is 0. The van der Waals surface area contributed by atoms with Gasteiger partial charge in [-0.2, -0.15) is 5.26 Å². The Bertz CT molecular complexity index is 524. The van der Waals surface area contributed by atoms with Gasteiger partial charge in [0.1, 0.15) is 0 Å². The molecule has 108 valence electrons. The minimum Gasteiger partial charge on any atom is -0.367 e. The Labute approximate surface area is 122 Å². The molecular formula is C17H24N2O. The predicted molar refractivity (Wildman–Crippen MR) is 80.4 cm³/mol. The summed E-state index contributed by atoms with van der Waals surface area (Å²) in [4.78, 5) is 2.44. The Balaban J connectivity index is 2.16. The summed E-state index contributed by atoms with van der Waals surface area (Å²) < 4.78 is 6.11. The van der Waals surface area contributed by atoms with Crippen molar-refractivity contribution in [2.75, 3.05) is 13.1 Å². The minimum absolute atomic E-state index is 0.123. The van der Waals surface area contributed by atoms with Gasteiger partial charge in [0, 0.05) is 19.6 Å². The van der Waals surface area contributed by atoms with Crippen LogP contribution in [0.1, 0.15) is 44.4 Å². The summed E-state index contributed by atoms with van der Waals surface area (Å²) in [5.74, 6) is 0. The highest BCUT2D eigenvalue weighted by Crippen LogP contribution is 2.29. The Morgan fingerprint density at radius 2 is 1.80 bits per heavy atom. The van der Waals surface area contributed by atoms with Gasteiger partial charge in [0.05, 0.1) is 22.8 Å². The molecule has 0 saturated carbocycles. The number of nitrogens with zero attached hydrogens (tertiary/aromatic N) is 2. The van der Waals surface area contributed by atoms with E-state index in [4.69, 9.17) is 10.00 Å². The lowest BCUT2D eigenvalue weighted by Crippen LogP contribution is -2.56. The number of hydrogen-bond acceptors (Lipinski definition) is 3. The van der Waals surface area contributed by atoms with Crippen LogP contribution in [0.4, 0.5) is 0 Å². The van der Waals surface area contributed by atoms with Crippen LogP contribution in [0.2, 0.25) is 0 Å². The summed E-state index contributed by atoms with van der Waals surface area (Å²) in [5.41, 5.74) is 2.96. The first kappa shape index (κ1) is 15.0. The molecule has 3 nitrogen and oxygen atoms in total. The molecule has 1 aliphatic heterocycles. The van der Waals surface area contributed by atoms with Gasteiger partial charge in [0.15, 0.2) is 0 Å². The van der Waals surface area contributed by atoms with E-state index >= 15 is 0 Å². The van der Waals surface area contributed by atoms with Crippen LogP contribution in [0.15, 0.2) is 18.2 Å². The van der Waals surface area contributed by atoms with Crippen molar-refractivity contribution >= 4 is 0 Å². The standard InChI is InChI=1S/C17H24N2O/c1-13-8-14(9-18)6-7-15(13)10-19-11-16(2,3)20-17(4,5)12-19/h6-8H,10-12H2,1-5H3. The third kappa shape index (κ3) is 3.59. The van der Waals surface area contributed by atoms with Crippen molar-refractivity contribution in [1.82, 2.24) is 4.90 Å². The van der Waals surface area contributed by atoms with E-state index in [0.717, 1.165) is 25.2 Å². The Hall–Kier alpha value is -1.37. The fourth-order valence-electron chi connectivity index (χ4n) is 3.24. The Kier molecular flexibility index (Phi) is 3.90. The molecule has 0 aliphatic carbocycles. The van der Waals surface area contributed by atoms with Crippen LogP contribution < -0.4 is 0 Å². The van der Waals surface area contributed by atoms with Gasteiger partial charge in [-0.05, 0) is 57.9 Å². The first-order valence-corrected chi connectivity index (χ1v) is 7.13. The lowest BCUT2D eigenvalue weighted by atomic mass is 9.97. The van der Waals surface area contributed by atoms with E-state index in [1.807, 2.05) is 12.1 Å². The minimum atomic E-state index is -0.123. The van der Waals surface area contributed by atoms with Crippen molar-refractivity contribution in [1.29, 1.82) is 5.26 Å². The number of ether oxygens (including phenoxy) is 1. The first-order valence-electron chi connectivity index (χ1n) is 7.13. The summed E-state index contributed by atoms with van der Waals surface area (Å²) >= 11 is 0. The molecular weight excluding hydrogens is 248 g/mol. The van der Waals surface area contributed by atoms with E-state index in [-0.39, 0.29) is 11.2 Å². The molecule has 20 heavy (non-hydrogen) atoms. The molecule has 3 heteroatoms. The first-order chi connectivity index (χ1) is 9.21. The zero-order chi connectivity index (χ0) is 15.0. The van der Waals surface area contributed by atoms with Gasteiger partial charge in [-0.15, -0.1) is 0 Å². The number of morpholine rings is 1. The number of benzene rings is 1. The second kappa shape index (κ2) is 5.20. The van der Waals surface area contributed by atoms with Crippen LogP contribution in [-0.4, -0.2) is 29.2 Å². The van der Waals surface area contributed by atoms with Crippen LogP contribution in [0.5, 0.6) is 0 Å². The van der Waals surface area contributed by atoms with Crippen LogP contribution in [-0.2, 0) is 11.3 Å². The molecule has 1 aliphatic rings. The average molecular weight is 272 g/mol. The maximum absolute atomic E-state index is 8.93. The van der Waals surface area contributed by atoms with E-state index in [0.29, 0.717) is 0 Å². The summed E-state index contributed by atoms with van der Waals surface area (Å²) in [6.45, 7) is 13.4. The molecule has 1 aromatic rings. The number of hydrogen-bond donors (Lipinski definition) is 0. The van der Waals surface area contributed by atoms with E-state index in [1.165, 1.54) is 11.1 Å².